The number of carbonyl (C=O) groups excluding carboxylic acids is 2. The van der Waals surface area contributed by atoms with E-state index in [4.69, 9.17) is 4.74 Å². The molecule has 0 unspecified atom stereocenters. The van der Waals surface area contributed by atoms with Crippen molar-refractivity contribution in [3.63, 3.8) is 0 Å². The van der Waals surface area contributed by atoms with E-state index in [1.165, 1.54) is 30.4 Å². The van der Waals surface area contributed by atoms with Gasteiger partial charge < -0.3 is 15.4 Å². The van der Waals surface area contributed by atoms with Crippen LogP contribution in [0.15, 0.2) is 109 Å². The summed E-state index contributed by atoms with van der Waals surface area (Å²) in [4.78, 5) is 26.0. The fourth-order valence-electron chi connectivity index (χ4n) is 3.75. The molecule has 0 radical (unpaired) electrons. The Balaban J connectivity index is 1.62. The van der Waals surface area contributed by atoms with Crippen LogP contribution >= 0.6 is 0 Å². The zero-order valence-corrected chi connectivity index (χ0v) is 20.6. The number of halogens is 3. The van der Waals surface area contributed by atoms with Crippen molar-refractivity contribution in [3.8, 4) is 11.5 Å². The molecule has 5 nitrogen and oxygen atoms in total. The Bertz CT molecular complexity index is 1500. The summed E-state index contributed by atoms with van der Waals surface area (Å²) in [5.41, 5.74) is 0.252. The smallest absolute Gasteiger partial charge is 0.416 e. The molecule has 0 saturated carbocycles. The molecule has 1 aliphatic rings. The van der Waals surface area contributed by atoms with E-state index in [-0.39, 0.29) is 29.0 Å². The average Bonchev–Trinajstić information content (AvgIpc) is 3.14. The Morgan fingerprint density at radius 1 is 0.947 bits per heavy atom. The second-order valence-corrected chi connectivity index (χ2v) is 8.63. The molecule has 194 valence electrons. The van der Waals surface area contributed by atoms with E-state index < -0.39 is 23.6 Å². The van der Waals surface area contributed by atoms with Gasteiger partial charge in [0.15, 0.2) is 0 Å². The Morgan fingerprint density at radius 3 is 2.37 bits per heavy atom. The van der Waals surface area contributed by atoms with Crippen LogP contribution in [0.5, 0.6) is 11.5 Å². The first-order chi connectivity index (χ1) is 18.1. The molecule has 0 fully saturated rings. The van der Waals surface area contributed by atoms with Crippen LogP contribution in [0, 0.1) is 0 Å². The summed E-state index contributed by atoms with van der Waals surface area (Å²) in [6.07, 6.45) is 0.511. The van der Waals surface area contributed by atoms with E-state index in [1.807, 2.05) is 43.3 Å². The van der Waals surface area contributed by atoms with Crippen LogP contribution in [0.1, 0.15) is 40.5 Å². The highest BCUT2D eigenvalue weighted by Crippen LogP contribution is 2.30. The van der Waals surface area contributed by atoms with Gasteiger partial charge in [-0.3, -0.25) is 9.59 Å². The van der Waals surface area contributed by atoms with Crippen molar-refractivity contribution in [2.75, 3.05) is 0 Å². The van der Waals surface area contributed by atoms with Crippen LogP contribution in [0.4, 0.5) is 13.2 Å². The van der Waals surface area contributed by atoms with Gasteiger partial charge in [-0.25, -0.2) is 0 Å². The van der Waals surface area contributed by atoms with Gasteiger partial charge in [0.25, 0.3) is 11.8 Å². The molecule has 0 atom stereocenters. The maximum absolute atomic E-state index is 13.1. The first kappa shape index (κ1) is 26.5. The Labute approximate surface area is 218 Å². The van der Waals surface area contributed by atoms with E-state index in [1.54, 1.807) is 6.07 Å². The first-order valence-corrected chi connectivity index (χ1v) is 11.9. The van der Waals surface area contributed by atoms with Crippen molar-refractivity contribution in [1.29, 1.82) is 0 Å². The topological polar surface area (TPSA) is 67.4 Å². The number of nitrogens with one attached hydrogen (secondary N) is 2. The summed E-state index contributed by atoms with van der Waals surface area (Å²) in [6.45, 7) is 5.62. The predicted molar refractivity (Wildman–Crippen MR) is 141 cm³/mol. The highest BCUT2D eigenvalue weighted by atomic mass is 19.4. The minimum Gasteiger partial charge on any atom is -0.457 e. The van der Waals surface area contributed by atoms with Crippen LogP contribution in [0.25, 0.3) is 10.8 Å². The van der Waals surface area contributed by atoms with Gasteiger partial charge in [-0.15, -0.1) is 0 Å². The molecule has 8 heteroatoms. The van der Waals surface area contributed by atoms with Crippen LogP contribution in [-0.2, 0) is 0 Å². The number of amides is 2. The minimum atomic E-state index is -4.48. The van der Waals surface area contributed by atoms with Gasteiger partial charge in [-0.1, -0.05) is 62.1 Å². The SMILES string of the molecule is C=C(CC)NC(=O)c1cc(Oc2ccc3ccccc3c2)cc(C(=O)NC2=CC=CC(C(F)(F)F)=CC2)c1. The summed E-state index contributed by atoms with van der Waals surface area (Å²) >= 11 is 0. The maximum Gasteiger partial charge on any atom is 0.416 e. The maximum atomic E-state index is 13.1. The van der Waals surface area contributed by atoms with Crippen molar-refractivity contribution in [2.45, 2.75) is 25.9 Å². The standard InChI is InChI=1S/C30H25F3N2O3/c1-3-19(2)34-28(36)22-15-23(29(37)35-25-10-6-9-24(12-13-25)30(31,32)33)18-27(17-22)38-26-14-11-20-7-4-5-8-21(20)16-26/h4-12,14-18H,2-3,13H2,1H3,(H,34,36)(H,35,37). The van der Waals surface area contributed by atoms with E-state index in [0.29, 0.717) is 17.9 Å². The molecular formula is C30H25F3N2O3. The lowest BCUT2D eigenvalue weighted by Crippen LogP contribution is -2.25. The summed E-state index contributed by atoms with van der Waals surface area (Å²) < 4.78 is 45.1. The van der Waals surface area contributed by atoms with Gasteiger partial charge in [-0.05, 0) is 53.6 Å². The highest BCUT2D eigenvalue weighted by molar-refractivity contribution is 6.01. The van der Waals surface area contributed by atoms with Crippen molar-refractivity contribution in [1.82, 2.24) is 10.6 Å². The lowest BCUT2D eigenvalue weighted by molar-refractivity contribution is -0.0883. The summed E-state index contributed by atoms with van der Waals surface area (Å²) in [6, 6.07) is 17.6. The molecular weight excluding hydrogens is 493 g/mol. The molecule has 0 aliphatic heterocycles. The summed E-state index contributed by atoms with van der Waals surface area (Å²) in [5.74, 6) is -0.314. The molecule has 3 aromatic carbocycles. The summed E-state index contributed by atoms with van der Waals surface area (Å²) in [7, 11) is 0. The van der Waals surface area contributed by atoms with E-state index in [0.717, 1.165) is 22.9 Å². The largest absolute Gasteiger partial charge is 0.457 e. The van der Waals surface area contributed by atoms with E-state index >= 15 is 0 Å². The quantitative estimate of drug-likeness (QED) is 0.344. The number of carbonyl (C=O) groups is 2. The Kier molecular flexibility index (Phi) is 7.81. The van der Waals surface area contributed by atoms with Crippen LogP contribution < -0.4 is 15.4 Å². The first-order valence-electron chi connectivity index (χ1n) is 11.9. The predicted octanol–water partition coefficient (Wildman–Crippen LogP) is 7.35. The van der Waals surface area contributed by atoms with Gasteiger partial charge in [0.05, 0.1) is 5.57 Å². The third kappa shape index (κ3) is 6.59. The van der Waals surface area contributed by atoms with Crippen molar-refractivity contribution in [2.24, 2.45) is 0 Å². The molecule has 0 aromatic heterocycles. The number of fused-ring (bicyclic) bond motifs is 1. The van der Waals surface area contributed by atoms with Gasteiger partial charge >= 0.3 is 6.18 Å². The second kappa shape index (κ2) is 11.2. The number of hydrogen-bond donors (Lipinski definition) is 2. The lowest BCUT2D eigenvalue weighted by atomic mass is 10.1. The molecule has 4 rings (SSSR count). The normalized spacial score (nSPS) is 13.3. The second-order valence-electron chi connectivity index (χ2n) is 8.63. The Hall–Kier alpha value is -4.59. The van der Waals surface area contributed by atoms with Crippen molar-refractivity contribution in [3.05, 3.63) is 120 Å². The number of alkyl halides is 3. The van der Waals surface area contributed by atoms with Crippen LogP contribution in [0.3, 0.4) is 0 Å². The highest BCUT2D eigenvalue weighted by Gasteiger charge is 2.31. The molecule has 0 spiro atoms. The fraction of sp³-hybridized carbons (Fsp3) is 0.133. The third-order valence-corrected chi connectivity index (χ3v) is 5.82. The fourth-order valence-corrected chi connectivity index (χ4v) is 3.75. The minimum absolute atomic E-state index is 0.102. The number of hydrogen-bond acceptors (Lipinski definition) is 3. The van der Waals surface area contributed by atoms with E-state index in [2.05, 4.69) is 17.2 Å². The number of benzene rings is 3. The molecule has 3 aromatic rings. The third-order valence-electron chi connectivity index (χ3n) is 5.82. The molecule has 0 bridgehead atoms. The summed E-state index contributed by atoms with van der Waals surface area (Å²) in [5, 5.41) is 7.30. The average molecular weight is 519 g/mol. The van der Waals surface area contributed by atoms with Crippen LogP contribution in [0.2, 0.25) is 0 Å². The van der Waals surface area contributed by atoms with E-state index in [9.17, 15) is 22.8 Å². The van der Waals surface area contributed by atoms with Gasteiger partial charge in [0.2, 0.25) is 0 Å². The number of rotatable bonds is 7. The zero-order chi connectivity index (χ0) is 27.3. The Morgan fingerprint density at radius 2 is 1.66 bits per heavy atom. The van der Waals surface area contributed by atoms with Gasteiger partial charge in [0.1, 0.15) is 11.5 Å². The van der Waals surface area contributed by atoms with Crippen molar-refractivity contribution < 1.29 is 27.5 Å². The van der Waals surface area contributed by atoms with Gasteiger partial charge in [0, 0.05) is 28.9 Å². The molecule has 0 saturated heterocycles. The molecule has 2 amide bonds. The molecule has 2 N–H and O–H groups in total. The number of ether oxygens (including phenoxy) is 1. The molecule has 38 heavy (non-hydrogen) atoms. The van der Waals surface area contributed by atoms with Crippen molar-refractivity contribution >= 4 is 22.6 Å². The molecule has 1 aliphatic carbocycles. The van der Waals surface area contributed by atoms with Gasteiger partial charge in [-0.2, -0.15) is 13.2 Å². The monoisotopic (exact) mass is 518 g/mol. The molecule has 0 heterocycles. The zero-order valence-electron chi connectivity index (χ0n) is 20.6. The number of allylic oxidation sites excluding steroid dienone is 6. The lowest BCUT2D eigenvalue weighted by Gasteiger charge is -2.13. The van der Waals surface area contributed by atoms with Crippen LogP contribution in [-0.4, -0.2) is 18.0 Å².